The number of halogens is 1. The number of alkyl carbamates (subject to hydrolysis) is 1. The Kier molecular flexibility index (Phi) is 10.5. The molecule has 1 unspecified atom stereocenters. The van der Waals surface area contributed by atoms with Gasteiger partial charge in [0.1, 0.15) is 5.60 Å². The number of pyridine rings is 1. The summed E-state index contributed by atoms with van der Waals surface area (Å²) in [7, 11) is 1.73. The number of hydrogen-bond acceptors (Lipinski definition) is 5. The minimum Gasteiger partial charge on any atom is -0.444 e. The van der Waals surface area contributed by atoms with Crippen molar-refractivity contribution in [2.24, 2.45) is 0 Å². The molecule has 3 heterocycles. The van der Waals surface area contributed by atoms with Gasteiger partial charge in [-0.3, -0.25) is 9.78 Å². The molecular weight excluding hydrogens is 584 g/mol. The van der Waals surface area contributed by atoms with Crippen molar-refractivity contribution in [3.8, 4) is 0 Å². The molecular formula is C32H43BrN4O4. The van der Waals surface area contributed by atoms with Crippen LogP contribution in [0.25, 0.3) is 10.9 Å². The van der Waals surface area contributed by atoms with Crippen LogP contribution in [0.15, 0.2) is 47.1 Å². The average Bonchev–Trinajstić information content (AvgIpc) is 3.29. The van der Waals surface area contributed by atoms with Crippen molar-refractivity contribution in [1.82, 2.24) is 19.8 Å². The molecule has 4 rings (SSSR count). The third-order valence-corrected chi connectivity index (χ3v) is 8.05. The quantitative estimate of drug-likeness (QED) is 0.264. The molecule has 0 bridgehead atoms. The molecule has 1 fully saturated rings. The summed E-state index contributed by atoms with van der Waals surface area (Å²) in [4.78, 5) is 32.9. The Bertz CT molecular complexity index is 1330. The van der Waals surface area contributed by atoms with Crippen molar-refractivity contribution >= 4 is 38.8 Å². The van der Waals surface area contributed by atoms with Gasteiger partial charge in [0.15, 0.2) is 0 Å². The van der Waals surface area contributed by atoms with Crippen LogP contribution in [0, 0.1) is 6.92 Å². The first-order valence-corrected chi connectivity index (χ1v) is 15.3. The monoisotopic (exact) mass is 626 g/mol. The molecule has 1 saturated heterocycles. The number of nitrogens with zero attached hydrogens (tertiary/aromatic N) is 3. The lowest BCUT2D eigenvalue weighted by Gasteiger charge is -2.34. The minimum atomic E-state index is -0.619. The van der Waals surface area contributed by atoms with Gasteiger partial charge in [-0.05, 0) is 83.2 Å². The molecule has 1 N–H and O–H groups in total. The first kappa shape index (κ1) is 31.0. The van der Waals surface area contributed by atoms with Crippen LogP contribution in [0.2, 0.25) is 0 Å². The number of methoxy groups -OCH3 is 1. The number of carbonyl (C=O) groups is 2. The highest BCUT2D eigenvalue weighted by molar-refractivity contribution is 9.10. The number of nitrogens with one attached hydrogen (secondary N) is 1. The smallest absolute Gasteiger partial charge is 0.407 e. The van der Waals surface area contributed by atoms with Crippen LogP contribution in [0.3, 0.4) is 0 Å². The Labute approximate surface area is 251 Å². The van der Waals surface area contributed by atoms with Gasteiger partial charge in [-0.1, -0.05) is 28.1 Å². The van der Waals surface area contributed by atoms with Gasteiger partial charge in [0, 0.05) is 79.2 Å². The van der Waals surface area contributed by atoms with Gasteiger partial charge < -0.3 is 24.3 Å². The summed E-state index contributed by atoms with van der Waals surface area (Å²) in [5.41, 5.74) is 3.88. The first-order chi connectivity index (χ1) is 19.5. The third-order valence-electron chi connectivity index (χ3n) is 7.52. The van der Waals surface area contributed by atoms with Crippen molar-refractivity contribution < 1.29 is 19.1 Å². The molecule has 1 aliphatic rings. The van der Waals surface area contributed by atoms with Crippen molar-refractivity contribution in [3.05, 3.63) is 64.0 Å². The Hall–Kier alpha value is -2.91. The number of benzene rings is 1. The van der Waals surface area contributed by atoms with E-state index in [1.807, 2.05) is 63.1 Å². The number of carbonyl (C=O) groups excluding carboxylic acids is 2. The zero-order valence-corrected chi connectivity index (χ0v) is 26.5. The van der Waals surface area contributed by atoms with Crippen LogP contribution in [-0.2, 0) is 27.2 Å². The number of hydrogen-bond donors (Lipinski definition) is 1. The van der Waals surface area contributed by atoms with E-state index >= 15 is 0 Å². The van der Waals surface area contributed by atoms with E-state index in [9.17, 15) is 9.59 Å². The summed E-state index contributed by atoms with van der Waals surface area (Å²) >= 11 is 3.48. The summed E-state index contributed by atoms with van der Waals surface area (Å²) < 4.78 is 14.2. The summed E-state index contributed by atoms with van der Waals surface area (Å²) in [5, 5.41) is 4.13. The minimum absolute atomic E-state index is 0.0489. The van der Waals surface area contributed by atoms with Gasteiger partial charge in [0.2, 0.25) is 5.91 Å². The van der Waals surface area contributed by atoms with Crippen LogP contribution < -0.4 is 5.32 Å². The van der Waals surface area contributed by atoms with E-state index in [4.69, 9.17) is 9.47 Å². The Balaban J connectivity index is 1.51. The van der Waals surface area contributed by atoms with Gasteiger partial charge in [-0.15, -0.1) is 0 Å². The maximum atomic E-state index is 13.7. The van der Waals surface area contributed by atoms with Gasteiger partial charge >= 0.3 is 6.09 Å². The van der Waals surface area contributed by atoms with Crippen molar-refractivity contribution in [2.75, 3.05) is 26.8 Å². The molecule has 3 aromatic rings. The second kappa shape index (κ2) is 13.8. The second-order valence-electron chi connectivity index (χ2n) is 12.0. The molecule has 8 nitrogen and oxygen atoms in total. The molecule has 2 amide bonds. The number of likely N-dealkylation sites (tertiary alicyclic amines) is 1. The van der Waals surface area contributed by atoms with Gasteiger partial charge in [0.25, 0.3) is 0 Å². The Morgan fingerprint density at radius 1 is 1.20 bits per heavy atom. The molecule has 222 valence electrons. The second-order valence-corrected chi connectivity index (χ2v) is 12.9. The van der Waals surface area contributed by atoms with Crippen LogP contribution in [0.4, 0.5) is 4.79 Å². The number of rotatable bonds is 10. The predicted octanol–water partition coefficient (Wildman–Crippen LogP) is 6.38. The Morgan fingerprint density at radius 2 is 1.95 bits per heavy atom. The van der Waals surface area contributed by atoms with Gasteiger partial charge in [-0.2, -0.15) is 0 Å². The molecule has 0 aliphatic carbocycles. The Morgan fingerprint density at radius 3 is 2.66 bits per heavy atom. The first-order valence-electron chi connectivity index (χ1n) is 14.5. The van der Waals surface area contributed by atoms with E-state index in [0.717, 1.165) is 48.1 Å². The normalized spacial score (nSPS) is 16.5. The molecule has 0 radical (unpaired) electrons. The van der Waals surface area contributed by atoms with Crippen LogP contribution >= 0.6 is 15.9 Å². The van der Waals surface area contributed by atoms with E-state index in [2.05, 4.69) is 42.9 Å². The number of aromatic nitrogens is 2. The summed E-state index contributed by atoms with van der Waals surface area (Å²) in [6.45, 7) is 10.5. The topological polar surface area (TPSA) is 85.7 Å². The lowest BCUT2D eigenvalue weighted by Crippen LogP contribution is -2.46. The van der Waals surface area contributed by atoms with Gasteiger partial charge in [0.05, 0.1) is 5.52 Å². The fraction of sp³-hybridized carbons (Fsp3) is 0.531. The molecule has 2 atom stereocenters. The molecule has 1 aliphatic heterocycles. The lowest BCUT2D eigenvalue weighted by molar-refractivity contribution is -0.132. The fourth-order valence-corrected chi connectivity index (χ4v) is 5.90. The van der Waals surface area contributed by atoms with Crippen molar-refractivity contribution in [1.29, 1.82) is 0 Å². The highest BCUT2D eigenvalue weighted by atomic mass is 79.9. The third kappa shape index (κ3) is 8.55. The molecule has 41 heavy (non-hydrogen) atoms. The number of aryl methyl sites for hydroxylation is 2. The molecule has 1 aromatic carbocycles. The van der Waals surface area contributed by atoms with Crippen LogP contribution in [0.1, 0.15) is 69.3 Å². The number of fused-ring (bicyclic) bond motifs is 1. The van der Waals surface area contributed by atoms with Crippen LogP contribution in [0.5, 0.6) is 0 Å². The van der Waals surface area contributed by atoms with E-state index in [0.29, 0.717) is 19.6 Å². The standard InChI is InChI=1S/C32H43BrN4O4/c1-22-27-20-29(37(16-7-17-40-5)28(27)13-14-34-22)24-8-6-15-36(21-24)30(38)19-26(35-31(39)41-32(2,3)4)18-23-9-11-25(33)12-10-23/h9-14,20,24,26H,6-8,15-19,21H2,1-5H3,(H,35,39)/t24?,26-/m1/s1. The van der Waals surface area contributed by atoms with E-state index in [1.165, 1.54) is 16.6 Å². The van der Waals surface area contributed by atoms with E-state index in [1.54, 1.807) is 7.11 Å². The maximum Gasteiger partial charge on any atom is 0.407 e. The maximum absolute atomic E-state index is 13.7. The molecule has 0 saturated carbocycles. The molecule has 9 heteroatoms. The number of piperidine rings is 1. The van der Waals surface area contributed by atoms with E-state index in [-0.39, 0.29) is 24.3 Å². The zero-order chi connectivity index (χ0) is 29.6. The number of amides is 2. The highest BCUT2D eigenvalue weighted by Crippen LogP contribution is 2.33. The summed E-state index contributed by atoms with van der Waals surface area (Å²) in [6, 6.07) is 11.9. The largest absolute Gasteiger partial charge is 0.444 e. The summed E-state index contributed by atoms with van der Waals surface area (Å²) in [5.74, 6) is 0.276. The SMILES string of the molecule is COCCCn1c(C2CCCN(C(=O)C[C@@H](Cc3ccc(Br)cc3)NC(=O)OC(C)(C)C)C2)cc2c(C)nccc21. The predicted molar refractivity (Wildman–Crippen MR) is 165 cm³/mol. The summed E-state index contributed by atoms with van der Waals surface area (Å²) in [6.07, 6.45) is 4.98. The van der Waals surface area contributed by atoms with Gasteiger partial charge in [-0.25, -0.2) is 4.79 Å². The highest BCUT2D eigenvalue weighted by Gasteiger charge is 2.30. The van der Waals surface area contributed by atoms with Crippen molar-refractivity contribution in [3.63, 3.8) is 0 Å². The van der Waals surface area contributed by atoms with Crippen molar-refractivity contribution in [2.45, 2.75) is 83.9 Å². The zero-order valence-electron chi connectivity index (χ0n) is 24.9. The van der Waals surface area contributed by atoms with Crippen LogP contribution in [-0.4, -0.2) is 64.9 Å². The molecule has 0 spiro atoms. The molecule has 2 aromatic heterocycles. The average molecular weight is 628 g/mol. The van der Waals surface area contributed by atoms with E-state index < -0.39 is 11.7 Å². The lowest BCUT2D eigenvalue weighted by atomic mass is 9.93. The fourth-order valence-electron chi connectivity index (χ4n) is 5.64. The number of ether oxygens (including phenoxy) is 2.